The molecule has 45 heavy (non-hydrogen) atoms. The van der Waals surface area contributed by atoms with Gasteiger partial charge in [-0.25, -0.2) is 18.0 Å². The Balaban J connectivity index is 0.000000433. The molecule has 16 heteroatoms. The molecule has 3 aliphatic rings. The van der Waals surface area contributed by atoms with Crippen LogP contribution in [0.2, 0.25) is 0 Å². The molecule has 0 unspecified atom stereocenters. The fourth-order valence-corrected chi connectivity index (χ4v) is 5.65. The average Bonchev–Trinajstić information content (AvgIpc) is 3.62. The van der Waals surface area contributed by atoms with Crippen LogP contribution in [0.5, 0.6) is 0 Å². The first-order valence-corrected chi connectivity index (χ1v) is 15.0. The molecule has 1 amide bonds. The van der Waals surface area contributed by atoms with E-state index in [1.54, 1.807) is 6.07 Å². The zero-order valence-electron chi connectivity index (χ0n) is 24.0. The van der Waals surface area contributed by atoms with Gasteiger partial charge in [0.05, 0.1) is 30.0 Å². The van der Waals surface area contributed by atoms with Crippen LogP contribution in [0.1, 0.15) is 55.8 Å². The van der Waals surface area contributed by atoms with Crippen molar-refractivity contribution in [2.24, 2.45) is 0 Å². The lowest BCUT2D eigenvalue weighted by Gasteiger charge is -2.49. The number of likely N-dealkylation sites (tertiary alicyclic amines) is 1. The molecule has 2 aliphatic carbocycles. The van der Waals surface area contributed by atoms with Gasteiger partial charge in [0.15, 0.2) is 11.6 Å². The second kappa shape index (κ2) is 15.0. The maximum Gasteiger partial charge on any atom is 0.490 e. The fraction of sp³-hybridized carbons (Fsp3) is 0.483. The van der Waals surface area contributed by atoms with Crippen LogP contribution in [-0.4, -0.2) is 86.5 Å². The van der Waals surface area contributed by atoms with Gasteiger partial charge >= 0.3 is 12.1 Å². The summed E-state index contributed by atoms with van der Waals surface area (Å²) < 4.78 is 75.4. The van der Waals surface area contributed by atoms with E-state index in [1.807, 2.05) is 22.6 Å². The van der Waals surface area contributed by atoms with Crippen LogP contribution in [0.3, 0.4) is 0 Å². The number of carbonyl (C=O) groups excluding carboxylic acids is 1. The number of halogens is 7. The lowest BCUT2D eigenvalue weighted by Crippen LogP contribution is -2.68. The molecule has 1 saturated heterocycles. The normalized spacial score (nSPS) is 17.4. The van der Waals surface area contributed by atoms with Gasteiger partial charge in [0.1, 0.15) is 11.4 Å². The van der Waals surface area contributed by atoms with Crippen molar-refractivity contribution in [3.63, 3.8) is 0 Å². The van der Waals surface area contributed by atoms with Crippen molar-refractivity contribution in [1.29, 1.82) is 0 Å². The average molecular weight is 759 g/mol. The molecule has 0 spiro atoms. The Bertz CT molecular complexity index is 1390. The third-order valence-corrected chi connectivity index (χ3v) is 7.97. The number of anilines is 2. The third-order valence-electron chi connectivity index (χ3n) is 7.30. The second-order valence-electron chi connectivity index (χ2n) is 11.1. The van der Waals surface area contributed by atoms with Crippen molar-refractivity contribution < 1.29 is 56.0 Å². The number of benzene rings is 2. The molecule has 0 bridgehead atoms. The predicted molar refractivity (Wildman–Crippen MR) is 159 cm³/mol. The number of hydrogen-bond donors (Lipinski definition) is 4. The number of β-amino-alcohol motifs (C(OH)–C–C–N with tert-alkyl or cyclic N) is 1. The topological polar surface area (TPSA) is 130 Å². The van der Waals surface area contributed by atoms with E-state index in [0.29, 0.717) is 22.2 Å². The Labute approximate surface area is 268 Å². The number of hydrogen-bond acceptors (Lipinski definition) is 6. The number of carboxylic acid groups (broad SMARTS) is 2. The summed E-state index contributed by atoms with van der Waals surface area (Å²) >= 11 is 1.95. The van der Waals surface area contributed by atoms with Crippen molar-refractivity contribution in [3.05, 3.63) is 56.9 Å². The Morgan fingerprint density at radius 3 is 2.00 bits per heavy atom. The summed E-state index contributed by atoms with van der Waals surface area (Å²) in [6, 6.07) is 7.38. The Morgan fingerprint density at radius 1 is 0.978 bits per heavy atom. The minimum Gasteiger partial charge on any atom is -0.481 e. The molecule has 3 fully saturated rings. The largest absolute Gasteiger partial charge is 0.490 e. The van der Waals surface area contributed by atoms with Crippen LogP contribution in [0.4, 0.5) is 37.7 Å². The van der Waals surface area contributed by atoms with Crippen LogP contribution in [0.25, 0.3) is 0 Å². The zero-order chi connectivity index (χ0) is 33.7. The maximum atomic E-state index is 14.7. The molecule has 9 nitrogen and oxygen atoms in total. The van der Waals surface area contributed by atoms with Gasteiger partial charge in [-0.1, -0.05) is 12.8 Å². The molecule has 1 heterocycles. The van der Waals surface area contributed by atoms with Crippen LogP contribution < -0.4 is 5.32 Å². The lowest BCUT2D eigenvalue weighted by molar-refractivity contribution is -0.192. The van der Waals surface area contributed by atoms with E-state index in [2.05, 4.69) is 10.2 Å². The van der Waals surface area contributed by atoms with Gasteiger partial charge in [0.2, 0.25) is 0 Å². The number of amides is 1. The van der Waals surface area contributed by atoms with Gasteiger partial charge in [-0.15, -0.1) is 0 Å². The number of rotatable bonds is 7. The summed E-state index contributed by atoms with van der Waals surface area (Å²) in [5.41, 5.74) is -1.59. The molecule has 2 saturated carbocycles. The number of carbonyl (C=O) groups is 3. The summed E-state index contributed by atoms with van der Waals surface area (Å²) in [6.45, 7) is 1.85. The molecule has 2 aromatic rings. The smallest absolute Gasteiger partial charge is 0.481 e. The summed E-state index contributed by atoms with van der Waals surface area (Å²) in [5, 5.41) is 28.2. The summed E-state index contributed by atoms with van der Waals surface area (Å²) in [7, 11) is 0. The van der Waals surface area contributed by atoms with E-state index in [0.717, 1.165) is 38.7 Å². The van der Waals surface area contributed by atoms with Gasteiger partial charge in [0, 0.05) is 29.1 Å². The molecule has 248 valence electrons. The Morgan fingerprint density at radius 2 is 1.51 bits per heavy atom. The fourth-order valence-electron chi connectivity index (χ4n) is 5.19. The summed E-state index contributed by atoms with van der Waals surface area (Å²) in [5.74, 6) is -7.15. The molecular formula is C29H32F6IN3O6. The number of aliphatic hydroxyl groups is 1. The van der Waals surface area contributed by atoms with Crippen LogP contribution >= 0.6 is 22.6 Å². The SMILES string of the molecule is CC(=O)O.O=C(O)C(F)(F)F.O=C(c1ccc(F)c(F)c1Nc1ccc(I)cc1F)N1CC(O)(CN(C2CCCC2)C2CC2)C1. The van der Waals surface area contributed by atoms with Crippen molar-refractivity contribution in [1.82, 2.24) is 9.80 Å². The first-order chi connectivity index (χ1) is 20.9. The monoisotopic (exact) mass is 759 g/mol. The summed E-state index contributed by atoms with van der Waals surface area (Å²) in [6.07, 6.45) is 1.93. The number of alkyl halides is 3. The van der Waals surface area contributed by atoms with E-state index in [9.17, 15) is 36.2 Å². The van der Waals surface area contributed by atoms with Crippen LogP contribution in [0.15, 0.2) is 30.3 Å². The van der Waals surface area contributed by atoms with E-state index >= 15 is 0 Å². The minimum absolute atomic E-state index is 0.0595. The van der Waals surface area contributed by atoms with Gasteiger partial charge in [-0.05, 0) is 78.6 Å². The summed E-state index contributed by atoms with van der Waals surface area (Å²) in [4.78, 5) is 34.9. The maximum absolute atomic E-state index is 14.7. The lowest BCUT2D eigenvalue weighted by atomic mass is 9.91. The highest BCUT2D eigenvalue weighted by Crippen LogP contribution is 2.38. The first kappa shape index (κ1) is 36.3. The van der Waals surface area contributed by atoms with Crippen molar-refractivity contribution >= 4 is 51.8 Å². The highest BCUT2D eigenvalue weighted by atomic mass is 127. The minimum atomic E-state index is -5.08. The predicted octanol–water partition coefficient (Wildman–Crippen LogP) is 5.77. The van der Waals surface area contributed by atoms with E-state index < -0.39 is 52.8 Å². The molecular weight excluding hydrogens is 727 g/mol. The zero-order valence-corrected chi connectivity index (χ0v) is 26.2. The van der Waals surface area contributed by atoms with E-state index in [1.165, 1.54) is 35.9 Å². The molecule has 0 radical (unpaired) electrons. The number of nitrogens with zero attached hydrogens (tertiary/aromatic N) is 2. The van der Waals surface area contributed by atoms with Crippen LogP contribution in [0, 0.1) is 21.0 Å². The molecule has 0 aromatic heterocycles. The molecule has 5 rings (SSSR count). The number of aliphatic carboxylic acids is 2. The molecule has 1 aliphatic heterocycles. The Hall–Kier alpha value is -3.12. The number of nitrogens with one attached hydrogen (secondary N) is 1. The van der Waals surface area contributed by atoms with E-state index in [-0.39, 0.29) is 24.3 Å². The van der Waals surface area contributed by atoms with Crippen molar-refractivity contribution in [2.45, 2.75) is 69.3 Å². The Kier molecular flexibility index (Phi) is 12.1. The second-order valence-corrected chi connectivity index (χ2v) is 12.3. The van der Waals surface area contributed by atoms with Crippen molar-refractivity contribution in [2.75, 3.05) is 25.0 Å². The van der Waals surface area contributed by atoms with E-state index in [4.69, 9.17) is 19.8 Å². The standard InChI is InChI=1S/C25H27F3IN3O2.C2HF3O2.C2H4O2/c26-19-9-8-18(23(22(19)28)30-21-10-5-15(29)11-20(21)27)24(33)31-12-25(34,13-31)14-32(17-6-7-17)16-3-1-2-4-16;3-2(4,5)1(6)7;1-2(3)4/h5,8-11,16-17,30,34H,1-4,6-7,12-14H2;(H,6,7);1H3,(H,3,4). The molecule has 2 aromatic carbocycles. The highest BCUT2D eigenvalue weighted by molar-refractivity contribution is 14.1. The number of carboxylic acids is 2. The highest BCUT2D eigenvalue weighted by Gasteiger charge is 2.48. The van der Waals surface area contributed by atoms with Gasteiger partial charge < -0.3 is 25.5 Å². The molecule has 0 atom stereocenters. The third kappa shape index (κ3) is 10.2. The van der Waals surface area contributed by atoms with Crippen LogP contribution in [-0.2, 0) is 9.59 Å². The first-order valence-electron chi connectivity index (χ1n) is 13.9. The molecule has 4 N–H and O–H groups in total. The van der Waals surface area contributed by atoms with Gasteiger partial charge in [-0.3, -0.25) is 14.5 Å². The quantitative estimate of drug-likeness (QED) is 0.207. The van der Waals surface area contributed by atoms with Gasteiger partial charge in [0.25, 0.3) is 11.9 Å². The van der Waals surface area contributed by atoms with Gasteiger partial charge in [-0.2, -0.15) is 13.2 Å². The van der Waals surface area contributed by atoms with Crippen molar-refractivity contribution in [3.8, 4) is 0 Å².